The summed E-state index contributed by atoms with van der Waals surface area (Å²) in [7, 11) is 3.19. The fourth-order valence-electron chi connectivity index (χ4n) is 2.29. The van der Waals surface area contributed by atoms with Crippen molar-refractivity contribution in [3.05, 3.63) is 53.1 Å². The zero-order valence-electron chi connectivity index (χ0n) is 14.5. The molecule has 2 aromatic rings. The topological polar surface area (TPSA) is 47.6 Å². The zero-order valence-corrected chi connectivity index (χ0v) is 16.1. The first-order chi connectivity index (χ1) is 12.1. The third kappa shape index (κ3) is 5.58. The molecule has 2 rings (SSSR count). The van der Waals surface area contributed by atoms with E-state index < -0.39 is 0 Å². The van der Waals surface area contributed by atoms with Gasteiger partial charge in [0, 0.05) is 16.5 Å². The van der Waals surface area contributed by atoms with Crippen LogP contribution in [0.15, 0.2) is 47.4 Å². The molecule has 6 heteroatoms. The van der Waals surface area contributed by atoms with E-state index in [0.717, 1.165) is 16.9 Å². The summed E-state index contributed by atoms with van der Waals surface area (Å²) in [5.74, 6) is 1.33. The largest absolute Gasteiger partial charge is 0.493 e. The molecular weight excluding hydrogens is 358 g/mol. The van der Waals surface area contributed by atoms with Gasteiger partial charge in [0.1, 0.15) is 0 Å². The first-order valence-corrected chi connectivity index (χ1v) is 9.24. The maximum Gasteiger partial charge on any atom is 0.233 e. The Bertz CT molecular complexity index is 706. The van der Waals surface area contributed by atoms with E-state index >= 15 is 0 Å². The first kappa shape index (κ1) is 19.5. The third-order valence-corrected chi connectivity index (χ3v) is 5.30. The number of ether oxygens (including phenoxy) is 2. The Labute approximate surface area is 157 Å². The van der Waals surface area contributed by atoms with Crippen molar-refractivity contribution in [3.8, 4) is 11.5 Å². The number of amides is 1. The summed E-state index contributed by atoms with van der Waals surface area (Å²) in [5.41, 5.74) is 0.956. The van der Waals surface area contributed by atoms with E-state index in [1.165, 1.54) is 11.8 Å². The van der Waals surface area contributed by atoms with Gasteiger partial charge in [-0.25, -0.2) is 0 Å². The van der Waals surface area contributed by atoms with Crippen LogP contribution in [-0.4, -0.2) is 25.4 Å². The van der Waals surface area contributed by atoms with Crippen LogP contribution < -0.4 is 14.8 Å². The molecule has 1 atom stereocenters. The quantitative estimate of drug-likeness (QED) is 0.684. The number of hydrogen-bond donors (Lipinski definition) is 1. The normalized spacial score (nSPS) is 11.7. The van der Waals surface area contributed by atoms with Gasteiger partial charge in [0.15, 0.2) is 11.5 Å². The molecule has 0 aromatic heterocycles. The molecule has 0 saturated carbocycles. The molecule has 134 valence electrons. The smallest absolute Gasteiger partial charge is 0.233 e. The van der Waals surface area contributed by atoms with Crippen LogP contribution in [0.5, 0.6) is 11.5 Å². The average Bonchev–Trinajstić information content (AvgIpc) is 2.65. The standard InChI is InChI=1S/C19H22ClNO3S/c1-4-18(25-15-8-6-14(20)7-9-15)19(22)21-12-13-5-10-16(23-2)17(11-13)24-3/h5-11,18H,4,12H2,1-3H3,(H,21,22)/t18-/m1/s1. The predicted molar refractivity (Wildman–Crippen MR) is 103 cm³/mol. The van der Waals surface area contributed by atoms with Crippen LogP contribution in [0.25, 0.3) is 0 Å². The van der Waals surface area contributed by atoms with Gasteiger partial charge in [-0.3, -0.25) is 4.79 Å². The molecule has 0 aliphatic heterocycles. The Hall–Kier alpha value is -1.85. The highest BCUT2D eigenvalue weighted by atomic mass is 35.5. The van der Waals surface area contributed by atoms with E-state index in [1.54, 1.807) is 14.2 Å². The fraction of sp³-hybridized carbons (Fsp3) is 0.316. The highest BCUT2D eigenvalue weighted by Crippen LogP contribution is 2.28. The van der Waals surface area contributed by atoms with E-state index in [0.29, 0.717) is 23.1 Å². The second-order valence-corrected chi connectivity index (χ2v) is 7.09. The Morgan fingerprint density at radius 3 is 2.40 bits per heavy atom. The summed E-state index contributed by atoms with van der Waals surface area (Å²) in [6, 6.07) is 13.1. The van der Waals surface area contributed by atoms with Gasteiger partial charge in [0.25, 0.3) is 0 Å². The number of carbonyl (C=O) groups is 1. The van der Waals surface area contributed by atoms with Crippen molar-refractivity contribution < 1.29 is 14.3 Å². The van der Waals surface area contributed by atoms with Crippen LogP contribution in [0.1, 0.15) is 18.9 Å². The van der Waals surface area contributed by atoms with E-state index in [-0.39, 0.29) is 11.2 Å². The second kappa shape index (κ2) is 9.59. The zero-order chi connectivity index (χ0) is 18.2. The molecule has 1 amide bonds. The highest BCUT2D eigenvalue weighted by Gasteiger charge is 2.17. The SMILES string of the molecule is CC[C@@H](Sc1ccc(Cl)cc1)C(=O)NCc1ccc(OC)c(OC)c1. The van der Waals surface area contributed by atoms with Crippen molar-refractivity contribution in [2.75, 3.05) is 14.2 Å². The Morgan fingerprint density at radius 2 is 1.80 bits per heavy atom. The van der Waals surface area contributed by atoms with Crippen molar-refractivity contribution >= 4 is 29.3 Å². The highest BCUT2D eigenvalue weighted by molar-refractivity contribution is 8.00. The van der Waals surface area contributed by atoms with Gasteiger partial charge in [-0.1, -0.05) is 24.6 Å². The number of carbonyl (C=O) groups excluding carboxylic acids is 1. The molecule has 0 radical (unpaired) electrons. The van der Waals surface area contributed by atoms with E-state index in [9.17, 15) is 4.79 Å². The maximum absolute atomic E-state index is 12.5. The first-order valence-electron chi connectivity index (χ1n) is 7.98. The van der Waals surface area contributed by atoms with Crippen LogP contribution in [0.4, 0.5) is 0 Å². The average molecular weight is 380 g/mol. The lowest BCUT2D eigenvalue weighted by atomic mass is 10.2. The number of methoxy groups -OCH3 is 2. The summed E-state index contributed by atoms with van der Waals surface area (Å²) < 4.78 is 10.5. The minimum absolute atomic E-state index is 0.0113. The maximum atomic E-state index is 12.5. The second-order valence-electron chi connectivity index (χ2n) is 5.38. The van der Waals surface area contributed by atoms with Crippen LogP contribution in [-0.2, 0) is 11.3 Å². The minimum Gasteiger partial charge on any atom is -0.493 e. The monoisotopic (exact) mass is 379 g/mol. The van der Waals surface area contributed by atoms with E-state index in [4.69, 9.17) is 21.1 Å². The lowest BCUT2D eigenvalue weighted by Crippen LogP contribution is -2.31. The lowest BCUT2D eigenvalue weighted by molar-refractivity contribution is -0.120. The molecular formula is C19H22ClNO3S. The van der Waals surface area contributed by atoms with Crippen LogP contribution >= 0.6 is 23.4 Å². The van der Waals surface area contributed by atoms with Gasteiger partial charge in [-0.2, -0.15) is 0 Å². The lowest BCUT2D eigenvalue weighted by Gasteiger charge is -2.15. The number of hydrogen-bond acceptors (Lipinski definition) is 4. The molecule has 0 bridgehead atoms. The molecule has 0 fully saturated rings. The summed E-state index contributed by atoms with van der Waals surface area (Å²) >= 11 is 7.44. The van der Waals surface area contributed by atoms with Gasteiger partial charge in [-0.05, 0) is 48.4 Å². The van der Waals surface area contributed by atoms with Crippen LogP contribution in [0.2, 0.25) is 5.02 Å². The van der Waals surface area contributed by atoms with Crippen molar-refractivity contribution in [2.24, 2.45) is 0 Å². The number of halogens is 1. The molecule has 0 unspecified atom stereocenters. The molecule has 0 heterocycles. The minimum atomic E-state index is -0.152. The van der Waals surface area contributed by atoms with E-state index in [2.05, 4.69) is 5.32 Å². The molecule has 4 nitrogen and oxygen atoms in total. The summed E-state index contributed by atoms with van der Waals surface area (Å²) in [6.45, 7) is 2.44. The van der Waals surface area contributed by atoms with Crippen molar-refractivity contribution in [3.63, 3.8) is 0 Å². The van der Waals surface area contributed by atoms with Gasteiger partial charge in [0.2, 0.25) is 5.91 Å². The number of benzene rings is 2. The van der Waals surface area contributed by atoms with Gasteiger partial charge in [-0.15, -0.1) is 11.8 Å². The predicted octanol–water partition coefficient (Wildman–Crippen LogP) is 4.54. The van der Waals surface area contributed by atoms with Gasteiger partial charge in [0.05, 0.1) is 19.5 Å². The Balaban J connectivity index is 1.96. The van der Waals surface area contributed by atoms with E-state index in [1.807, 2.05) is 49.4 Å². The number of nitrogens with one attached hydrogen (secondary N) is 1. The molecule has 0 saturated heterocycles. The molecule has 1 N–H and O–H groups in total. The fourth-order valence-corrected chi connectivity index (χ4v) is 3.40. The van der Waals surface area contributed by atoms with Crippen molar-refractivity contribution in [1.82, 2.24) is 5.32 Å². The van der Waals surface area contributed by atoms with Gasteiger partial charge >= 0.3 is 0 Å². The van der Waals surface area contributed by atoms with Crippen molar-refractivity contribution in [2.45, 2.75) is 30.0 Å². The van der Waals surface area contributed by atoms with Crippen LogP contribution in [0.3, 0.4) is 0 Å². The number of thioether (sulfide) groups is 1. The summed E-state index contributed by atoms with van der Waals surface area (Å²) in [4.78, 5) is 13.5. The molecule has 2 aromatic carbocycles. The Morgan fingerprint density at radius 1 is 1.12 bits per heavy atom. The number of rotatable bonds is 8. The molecule has 0 spiro atoms. The van der Waals surface area contributed by atoms with Crippen LogP contribution in [0, 0.1) is 0 Å². The summed E-state index contributed by atoms with van der Waals surface area (Å²) in [5, 5.41) is 3.53. The molecule has 25 heavy (non-hydrogen) atoms. The van der Waals surface area contributed by atoms with Gasteiger partial charge < -0.3 is 14.8 Å². The Kier molecular flexibility index (Phi) is 7.47. The summed E-state index contributed by atoms with van der Waals surface area (Å²) in [6.07, 6.45) is 0.741. The van der Waals surface area contributed by atoms with Crippen molar-refractivity contribution in [1.29, 1.82) is 0 Å². The third-order valence-electron chi connectivity index (χ3n) is 3.67. The molecule has 0 aliphatic rings. The molecule has 0 aliphatic carbocycles.